The lowest BCUT2D eigenvalue weighted by Gasteiger charge is -2.06. The van der Waals surface area contributed by atoms with Crippen molar-refractivity contribution >= 4 is 17.1 Å². The van der Waals surface area contributed by atoms with Crippen LogP contribution in [0.5, 0.6) is 0 Å². The maximum atomic E-state index is 12.0. The molecular formula is C15H17NOS. The topological polar surface area (TPSA) is 30.0 Å². The number of rotatable bonds is 4. The van der Waals surface area contributed by atoms with Crippen LogP contribution >= 0.6 is 11.3 Å². The summed E-state index contributed by atoms with van der Waals surface area (Å²) in [7, 11) is 0. The molecule has 0 fully saturated rings. The molecule has 1 aromatic heterocycles. The molecular weight excluding hydrogens is 242 g/mol. The lowest BCUT2D eigenvalue weighted by atomic mass is 10.00. The summed E-state index contributed by atoms with van der Waals surface area (Å²) in [6, 6.07) is 8.29. The standard InChI is InChI=1S/C15H17NOS/c1-10(2)13-6-4-12(5-7-13)8-14(17)15-9-16-11(3)18-15/h4-7,9-10H,8H2,1-3H3. The molecule has 0 spiro atoms. The van der Waals surface area contributed by atoms with Crippen LogP contribution in [0.3, 0.4) is 0 Å². The van der Waals surface area contributed by atoms with Gasteiger partial charge in [-0.2, -0.15) is 0 Å². The highest BCUT2D eigenvalue weighted by molar-refractivity contribution is 7.13. The Kier molecular flexibility index (Phi) is 3.92. The van der Waals surface area contributed by atoms with E-state index in [1.54, 1.807) is 6.20 Å². The fourth-order valence-corrected chi connectivity index (χ4v) is 2.50. The summed E-state index contributed by atoms with van der Waals surface area (Å²) in [6.07, 6.45) is 2.13. The van der Waals surface area contributed by atoms with Crippen molar-refractivity contribution in [3.8, 4) is 0 Å². The Bertz CT molecular complexity index is 540. The molecule has 0 atom stereocenters. The van der Waals surface area contributed by atoms with E-state index in [9.17, 15) is 4.79 Å². The monoisotopic (exact) mass is 259 g/mol. The highest BCUT2D eigenvalue weighted by Gasteiger charge is 2.10. The number of aromatic nitrogens is 1. The molecule has 0 saturated carbocycles. The number of ketones is 1. The number of hydrogen-bond donors (Lipinski definition) is 0. The zero-order valence-electron chi connectivity index (χ0n) is 10.9. The highest BCUT2D eigenvalue weighted by atomic mass is 32.1. The number of aryl methyl sites for hydroxylation is 1. The molecule has 18 heavy (non-hydrogen) atoms. The van der Waals surface area contributed by atoms with Crippen LogP contribution < -0.4 is 0 Å². The third kappa shape index (κ3) is 3.05. The first kappa shape index (κ1) is 13.0. The molecule has 3 heteroatoms. The van der Waals surface area contributed by atoms with Crippen molar-refractivity contribution in [3.05, 3.63) is 51.5 Å². The fourth-order valence-electron chi connectivity index (χ4n) is 1.78. The lowest BCUT2D eigenvalue weighted by Crippen LogP contribution is -2.01. The summed E-state index contributed by atoms with van der Waals surface area (Å²) in [6.45, 7) is 6.25. The molecule has 0 aliphatic rings. The third-order valence-corrected chi connectivity index (χ3v) is 3.86. The minimum atomic E-state index is 0.151. The van der Waals surface area contributed by atoms with Crippen molar-refractivity contribution in [1.29, 1.82) is 0 Å². The summed E-state index contributed by atoms with van der Waals surface area (Å²) in [5, 5.41) is 0.938. The van der Waals surface area contributed by atoms with Gasteiger partial charge in [-0.05, 0) is 24.0 Å². The normalized spacial score (nSPS) is 10.9. The molecule has 0 saturated heterocycles. The van der Waals surface area contributed by atoms with E-state index in [2.05, 4.69) is 31.0 Å². The molecule has 94 valence electrons. The summed E-state index contributed by atoms with van der Waals surface area (Å²) >= 11 is 1.46. The van der Waals surface area contributed by atoms with Crippen LogP contribution in [0.15, 0.2) is 30.5 Å². The van der Waals surface area contributed by atoms with Crippen LogP contribution in [0.4, 0.5) is 0 Å². The fraction of sp³-hybridized carbons (Fsp3) is 0.333. The second kappa shape index (κ2) is 5.44. The Morgan fingerprint density at radius 1 is 1.28 bits per heavy atom. The molecule has 0 bridgehead atoms. The molecule has 0 aliphatic heterocycles. The SMILES string of the molecule is Cc1ncc(C(=O)Cc2ccc(C(C)C)cc2)s1. The Labute approximate surface area is 112 Å². The maximum Gasteiger partial charge on any atom is 0.178 e. The van der Waals surface area contributed by atoms with Gasteiger partial charge in [0, 0.05) is 12.6 Å². The van der Waals surface area contributed by atoms with Crippen molar-refractivity contribution < 1.29 is 4.79 Å². The number of Topliss-reactive ketones (excluding diaryl/α,β-unsaturated/α-hetero) is 1. The molecule has 2 nitrogen and oxygen atoms in total. The Morgan fingerprint density at radius 3 is 2.44 bits per heavy atom. The second-order valence-electron chi connectivity index (χ2n) is 4.74. The van der Waals surface area contributed by atoms with Crippen LogP contribution in [-0.4, -0.2) is 10.8 Å². The molecule has 0 radical (unpaired) electrons. The van der Waals surface area contributed by atoms with E-state index in [1.807, 2.05) is 19.1 Å². The zero-order chi connectivity index (χ0) is 13.1. The summed E-state index contributed by atoms with van der Waals surface area (Å²) in [5.74, 6) is 0.678. The lowest BCUT2D eigenvalue weighted by molar-refractivity contribution is 0.0996. The van der Waals surface area contributed by atoms with Crippen molar-refractivity contribution in [2.24, 2.45) is 0 Å². The highest BCUT2D eigenvalue weighted by Crippen LogP contribution is 2.17. The Morgan fingerprint density at radius 2 is 1.94 bits per heavy atom. The van der Waals surface area contributed by atoms with E-state index in [-0.39, 0.29) is 5.78 Å². The molecule has 2 rings (SSSR count). The van der Waals surface area contributed by atoms with Gasteiger partial charge in [-0.25, -0.2) is 4.98 Å². The number of carbonyl (C=O) groups excluding carboxylic acids is 1. The molecule has 0 aliphatic carbocycles. The molecule has 0 unspecified atom stereocenters. The first-order valence-electron chi connectivity index (χ1n) is 6.10. The smallest absolute Gasteiger partial charge is 0.178 e. The van der Waals surface area contributed by atoms with Gasteiger partial charge >= 0.3 is 0 Å². The van der Waals surface area contributed by atoms with Gasteiger partial charge in [-0.15, -0.1) is 11.3 Å². The minimum Gasteiger partial charge on any atom is -0.293 e. The van der Waals surface area contributed by atoms with Gasteiger partial charge in [0.1, 0.15) is 0 Å². The zero-order valence-corrected chi connectivity index (χ0v) is 11.8. The molecule has 0 amide bonds. The minimum absolute atomic E-state index is 0.151. The number of nitrogens with zero attached hydrogens (tertiary/aromatic N) is 1. The van der Waals surface area contributed by atoms with Gasteiger partial charge in [0.25, 0.3) is 0 Å². The largest absolute Gasteiger partial charge is 0.293 e. The Balaban J connectivity index is 2.07. The van der Waals surface area contributed by atoms with Crippen LogP contribution in [0.1, 0.15) is 45.6 Å². The van der Waals surface area contributed by atoms with E-state index in [0.29, 0.717) is 12.3 Å². The predicted octanol–water partition coefficient (Wildman–Crippen LogP) is 4.00. The number of benzene rings is 1. The van der Waals surface area contributed by atoms with Gasteiger partial charge in [-0.3, -0.25) is 4.79 Å². The quantitative estimate of drug-likeness (QED) is 0.777. The van der Waals surface area contributed by atoms with Gasteiger partial charge in [0.2, 0.25) is 0 Å². The van der Waals surface area contributed by atoms with Crippen molar-refractivity contribution in [2.45, 2.75) is 33.1 Å². The third-order valence-electron chi connectivity index (χ3n) is 2.91. The second-order valence-corrected chi connectivity index (χ2v) is 5.97. The van der Waals surface area contributed by atoms with Crippen molar-refractivity contribution in [1.82, 2.24) is 4.98 Å². The predicted molar refractivity (Wildman–Crippen MR) is 75.4 cm³/mol. The average molecular weight is 259 g/mol. The average Bonchev–Trinajstić information content (AvgIpc) is 2.76. The first-order valence-corrected chi connectivity index (χ1v) is 6.92. The summed E-state index contributed by atoms with van der Waals surface area (Å²) in [5.41, 5.74) is 2.37. The molecule has 1 heterocycles. The summed E-state index contributed by atoms with van der Waals surface area (Å²) in [4.78, 5) is 16.9. The van der Waals surface area contributed by atoms with E-state index < -0.39 is 0 Å². The molecule has 2 aromatic rings. The van der Waals surface area contributed by atoms with Crippen LogP contribution in [-0.2, 0) is 6.42 Å². The van der Waals surface area contributed by atoms with Crippen LogP contribution in [0.2, 0.25) is 0 Å². The van der Waals surface area contributed by atoms with Gasteiger partial charge < -0.3 is 0 Å². The number of hydrogen-bond acceptors (Lipinski definition) is 3. The van der Waals surface area contributed by atoms with Crippen LogP contribution in [0.25, 0.3) is 0 Å². The molecule has 0 N–H and O–H groups in total. The number of thiazole rings is 1. The van der Waals surface area contributed by atoms with E-state index in [4.69, 9.17) is 0 Å². The first-order chi connectivity index (χ1) is 8.56. The van der Waals surface area contributed by atoms with Crippen LogP contribution in [0, 0.1) is 6.92 Å². The Hall–Kier alpha value is -1.48. The van der Waals surface area contributed by atoms with Gasteiger partial charge in [-0.1, -0.05) is 38.1 Å². The summed E-state index contributed by atoms with van der Waals surface area (Å²) < 4.78 is 0. The van der Waals surface area contributed by atoms with Gasteiger partial charge in [0.05, 0.1) is 9.88 Å². The van der Waals surface area contributed by atoms with Crippen molar-refractivity contribution in [3.63, 3.8) is 0 Å². The van der Waals surface area contributed by atoms with E-state index in [1.165, 1.54) is 16.9 Å². The molecule has 1 aromatic carbocycles. The van der Waals surface area contributed by atoms with E-state index in [0.717, 1.165) is 15.4 Å². The van der Waals surface area contributed by atoms with Crippen molar-refractivity contribution in [2.75, 3.05) is 0 Å². The van der Waals surface area contributed by atoms with E-state index >= 15 is 0 Å². The number of carbonyl (C=O) groups is 1. The maximum absolute atomic E-state index is 12.0. The van der Waals surface area contributed by atoms with Gasteiger partial charge in [0.15, 0.2) is 5.78 Å².